The molecule has 0 aliphatic carbocycles. The maximum Gasteiger partial charge on any atom is 0.338 e. The van der Waals surface area contributed by atoms with Crippen LogP contribution in [0.3, 0.4) is 0 Å². The standard InChI is InChI=1S/C23H19N5O8S/c1-13(21(29)24-16-3-2-4-17(11-16)28(32)33)36-22(30)14-5-7-15(8-6-14)27-37(34,35)18-9-10-19-20(12-18)26-23(31)25-19/h2-13,27H,1H3,(H,24,29)(H2,25,26,31)/t13-/m1/s1. The fourth-order valence-corrected chi connectivity index (χ4v) is 4.37. The van der Waals surface area contributed by atoms with E-state index in [1.165, 1.54) is 73.7 Å². The number of carbonyl (C=O) groups excluding carboxylic acids is 2. The lowest BCUT2D eigenvalue weighted by molar-refractivity contribution is -0.384. The van der Waals surface area contributed by atoms with E-state index in [-0.39, 0.29) is 27.5 Å². The normalized spacial score (nSPS) is 12.0. The largest absolute Gasteiger partial charge is 0.449 e. The third-order valence-corrected chi connectivity index (χ3v) is 6.53. The molecule has 1 heterocycles. The molecule has 1 amide bonds. The zero-order valence-corrected chi connectivity index (χ0v) is 19.9. The third-order valence-electron chi connectivity index (χ3n) is 5.15. The number of nitro benzene ring substituents is 1. The molecule has 13 nitrogen and oxygen atoms in total. The Morgan fingerprint density at radius 3 is 2.38 bits per heavy atom. The average Bonchev–Trinajstić information content (AvgIpc) is 3.23. The van der Waals surface area contributed by atoms with Crippen molar-refractivity contribution in [2.75, 3.05) is 10.0 Å². The first kappa shape index (κ1) is 25.1. The number of H-pyrrole nitrogens is 2. The maximum absolute atomic E-state index is 12.7. The summed E-state index contributed by atoms with van der Waals surface area (Å²) in [5, 5.41) is 13.3. The van der Waals surface area contributed by atoms with E-state index in [0.29, 0.717) is 11.0 Å². The summed E-state index contributed by atoms with van der Waals surface area (Å²) in [5.74, 6) is -1.53. The smallest absolute Gasteiger partial charge is 0.338 e. The van der Waals surface area contributed by atoms with Crippen LogP contribution in [0.25, 0.3) is 11.0 Å². The van der Waals surface area contributed by atoms with Crippen LogP contribution in [0.2, 0.25) is 0 Å². The molecule has 0 bridgehead atoms. The van der Waals surface area contributed by atoms with E-state index in [2.05, 4.69) is 20.0 Å². The average molecular weight is 525 g/mol. The number of imidazole rings is 1. The van der Waals surface area contributed by atoms with Gasteiger partial charge in [0.05, 0.1) is 26.4 Å². The summed E-state index contributed by atoms with van der Waals surface area (Å²) in [6.45, 7) is 1.33. The number of benzene rings is 3. The third kappa shape index (κ3) is 5.82. The Morgan fingerprint density at radius 1 is 0.973 bits per heavy atom. The minimum absolute atomic E-state index is 0.0595. The van der Waals surface area contributed by atoms with E-state index >= 15 is 0 Å². The van der Waals surface area contributed by atoms with Crippen molar-refractivity contribution in [1.29, 1.82) is 0 Å². The van der Waals surface area contributed by atoms with Crippen molar-refractivity contribution < 1.29 is 27.7 Å². The predicted molar refractivity (Wildman–Crippen MR) is 133 cm³/mol. The van der Waals surface area contributed by atoms with Gasteiger partial charge in [0.2, 0.25) is 0 Å². The minimum Gasteiger partial charge on any atom is -0.449 e. The first-order chi connectivity index (χ1) is 17.5. The molecule has 0 saturated carbocycles. The summed E-state index contributed by atoms with van der Waals surface area (Å²) < 4.78 is 32.9. The molecule has 0 fully saturated rings. The molecule has 1 aromatic heterocycles. The zero-order chi connectivity index (χ0) is 26.7. The van der Waals surface area contributed by atoms with Crippen LogP contribution in [0.1, 0.15) is 17.3 Å². The minimum atomic E-state index is -3.99. The van der Waals surface area contributed by atoms with E-state index in [4.69, 9.17) is 4.74 Å². The highest BCUT2D eigenvalue weighted by atomic mass is 32.2. The number of aromatic nitrogens is 2. The van der Waals surface area contributed by atoms with Crippen LogP contribution in [-0.4, -0.2) is 41.3 Å². The van der Waals surface area contributed by atoms with E-state index in [9.17, 15) is 32.9 Å². The lowest BCUT2D eigenvalue weighted by atomic mass is 10.2. The second-order valence-electron chi connectivity index (χ2n) is 7.81. The first-order valence-corrected chi connectivity index (χ1v) is 12.1. The fourth-order valence-electron chi connectivity index (χ4n) is 3.29. The van der Waals surface area contributed by atoms with Gasteiger partial charge in [-0.3, -0.25) is 19.6 Å². The van der Waals surface area contributed by atoms with Crippen molar-refractivity contribution in [3.63, 3.8) is 0 Å². The molecule has 14 heteroatoms. The van der Waals surface area contributed by atoms with Crippen molar-refractivity contribution in [2.45, 2.75) is 17.9 Å². The summed E-state index contributed by atoms with van der Waals surface area (Å²) in [4.78, 5) is 51.4. The summed E-state index contributed by atoms with van der Waals surface area (Å²) >= 11 is 0. The number of rotatable bonds is 8. The van der Waals surface area contributed by atoms with Gasteiger partial charge < -0.3 is 20.0 Å². The molecule has 4 N–H and O–H groups in total. The van der Waals surface area contributed by atoms with Gasteiger partial charge in [-0.2, -0.15) is 0 Å². The number of non-ortho nitro benzene ring substituents is 1. The van der Waals surface area contributed by atoms with Crippen molar-refractivity contribution in [3.05, 3.63) is 92.9 Å². The van der Waals surface area contributed by atoms with Gasteiger partial charge in [-0.05, 0) is 55.5 Å². The molecule has 4 aromatic rings. The molecule has 0 spiro atoms. The number of hydrogen-bond donors (Lipinski definition) is 4. The first-order valence-electron chi connectivity index (χ1n) is 10.6. The number of amides is 1. The van der Waals surface area contributed by atoms with Crippen LogP contribution in [-0.2, 0) is 19.6 Å². The van der Waals surface area contributed by atoms with Gasteiger partial charge in [0.15, 0.2) is 6.10 Å². The zero-order valence-electron chi connectivity index (χ0n) is 19.0. The van der Waals surface area contributed by atoms with Gasteiger partial charge >= 0.3 is 11.7 Å². The highest BCUT2D eigenvalue weighted by molar-refractivity contribution is 7.92. The molecule has 0 aliphatic rings. The van der Waals surface area contributed by atoms with Crippen molar-refractivity contribution in [1.82, 2.24) is 9.97 Å². The van der Waals surface area contributed by atoms with Crippen LogP contribution in [0.4, 0.5) is 17.1 Å². The SMILES string of the molecule is C[C@@H](OC(=O)c1ccc(NS(=O)(=O)c2ccc3[nH]c(=O)[nH]c3c2)cc1)C(=O)Nc1cccc([N+](=O)[O-])c1. The van der Waals surface area contributed by atoms with Crippen molar-refractivity contribution in [2.24, 2.45) is 0 Å². The van der Waals surface area contributed by atoms with Crippen LogP contribution in [0.15, 0.2) is 76.4 Å². The Labute approximate surface area is 208 Å². The number of ether oxygens (including phenoxy) is 1. The lowest BCUT2D eigenvalue weighted by Gasteiger charge is -2.14. The van der Waals surface area contributed by atoms with Gasteiger partial charge in [-0.1, -0.05) is 6.07 Å². The van der Waals surface area contributed by atoms with Gasteiger partial charge in [0.25, 0.3) is 21.6 Å². The van der Waals surface area contributed by atoms with E-state index in [1.54, 1.807) is 0 Å². The Balaban J connectivity index is 1.38. The Bertz CT molecular complexity index is 1680. The second kappa shape index (κ2) is 9.94. The number of nitrogens with zero attached hydrogens (tertiary/aromatic N) is 1. The van der Waals surface area contributed by atoms with Gasteiger partial charge in [0, 0.05) is 23.5 Å². The number of nitro groups is 1. The molecule has 3 aromatic carbocycles. The molecule has 190 valence electrons. The summed E-state index contributed by atoms with van der Waals surface area (Å²) in [5.41, 5.74) is 0.504. The molecule has 4 rings (SSSR count). The number of sulfonamides is 1. The number of anilines is 2. The summed E-state index contributed by atoms with van der Waals surface area (Å²) in [6.07, 6.45) is -1.22. The summed E-state index contributed by atoms with van der Waals surface area (Å²) in [6, 6.07) is 14.7. The quantitative estimate of drug-likeness (QED) is 0.153. The molecule has 37 heavy (non-hydrogen) atoms. The van der Waals surface area contributed by atoms with Crippen LogP contribution in [0, 0.1) is 10.1 Å². The fraction of sp³-hybridized carbons (Fsp3) is 0.0870. The molecule has 1 atom stereocenters. The number of nitrogens with one attached hydrogen (secondary N) is 4. The molecular weight excluding hydrogens is 506 g/mol. The number of fused-ring (bicyclic) bond motifs is 1. The lowest BCUT2D eigenvalue weighted by Crippen LogP contribution is -2.30. The van der Waals surface area contributed by atoms with Crippen LogP contribution < -0.4 is 15.7 Å². The topological polar surface area (TPSA) is 193 Å². The number of carbonyl (C=O) groups is 2. The molecule has 0 radical (unpaired) electrons. The highest BCUT2D eigenvalue weighted by Gasteiger charge is 2.21. The van der Waals surface area contributed by atoms with E-state index in [1.807, 2.05) is 0 Å². The second-order valence-corrected chi connectivity index (χ2v) is 9.50. The van der Waals surface area contributed by atoms with Gasteiger partial charge in [-0.25, -0.2) is 18.0 Å². The van der Waals surface area contributed by atoms with Crippen molar-refractivity contribution in [3.8, 4) is 0 Å². The van der Waals surface area contributed by atoms with Crippen LogP contribution >= 0.6 is 0 Å². The van der Waals surface area contributed by atoms with Crippen LogP contribution in [0.5, 0.6) is 0 Å². The highest BCUT2D eigenvalue weighted by Crippen LogP contribution is 2.20. The predicted octanol–water partition coefficient (Wildman–Crippen LogP) is 2.75. The number of esters is 1. The summed E-state index contributed by atoms with van der Waals surface area (Å²) in [7, 11) is -3.99. The maximum atomic E-state index is 12.7. The number of hydrogen-bond acceptors (Lipinski definition) is 8. The van der Waals surface area contributed by atoms with E-state index in [0.717, 1.165) is 0 Å². The monoisotopic (exact) mass is 525 g/mol. The Kier molecular flexibility index (Phi) is 6.75. The molecule has 0 saturated heterocycles. The van der Waals surface area contributed by atoms with Crippen molar-refractivity contribution >= 4 is 50.0 Å². The van der Waals surface area contributed by atoms with Gasteiger partial charge in [0.1, 0.15) is 0 Å². The molecule has 0 aliphatic heterocycles. The van der Waals surface area contributed by atoms with E-state index < -0.39 is 38.6 Å². The Hall–Kier alpha value is -4.98. The number of aromatic amines is 2. The molecular formula is C23H19N5O8S. The molecule has 0 unspecified atom stereocenters. The Morgan fingerprint density at radius 2 is 1.68 bits per heavy atom. The van der Waals surface area contributed by atoms with Gasteiger partial charge in [-0.15, -0.1) is 0 Å².